The van der Waals surface area contributed by atoms with Crippen LogP contribution in [0.15, 0.2) is 156 Å². The Bertz CT molecular complexity index is 2780. The molecule has 73 heavy (non-hydrogen) atoms. The Hall–Kier alpha value is -6.15. The summed E-state index contributed by atoms with van der Waals surface area (Å²) in [5.74, 6) is 1.76. The highest BCUT2D eigenvalue weighted by molar-refractivity contribution is 7.09. The van der Waals surface area contributed by atoms with Gasteiger partial charge in [-0.3, -0.25) is 4.79 Å². The van der Waals surface area contributed by atoms with E-state index in [0.717, 1.165) is 58.4 Å². The zero-order chi connectivity index (χ0) is 51.2. The number of hydrogen-bond donors (Lipinski definition) is 2. The van der Waals surface area contributed by atoms with Crippen molar-refractivity contribution in [1.82, 2.24) is 0 Å². The van der Waals surface area contributed by atoms with Crippen molar-refractivity contribution in [3.63, 3.8) is 0 Å². The molecule has 0 amide bonds. The van der Waals surface area contributed by atoms with Gasteiger partial charge in [-0.05, 0) is 163 Å². The van der Waals surface area contributed by atoms with Crippen LogP contribution in [0.4, 0.5) is 51.2 Å². The Morgan fingerprint density at radius 2 is 0.918 bits per heavy atom. The van der Waals surface area contributed by atoms with Crippen molar-refractivity contribution in [3.05, 3.63) is 167 Å². The second kappa shape index (κ2) is 28.9. The smallest absolute Gasteiger partial charge is 0.303 e. The maximum atomic E-state index is 10.5. The Labute approximate surface area is 451 Å². The largest absolute Gasteiger partial charge is 0.508 e. The quantitative estimate of drug-likeness (QED) is 0.0445. The third kappa shape index (κ3) is 16.2. The molecule has 9 rings (SSSR count). The molecule has 0 aliphatic carbocycles. The molecule has 0 fully saturated rings. The molecular weight excluding hydrogens is 1040 g/mol. The summed E-state index contributed by atoms with van der Waals surface area (Å²) in [7, 11) is 0. The van der Waals surface area contributed by atoms with Crippen LogP contribution in [0.1, 0.15) is 50.7 Å². The minimum Gasteiger partial charge on any atom is -0.508 e. The number of unbranched alkanes of at least 4 members (excludes halogenated alkanes) is 2. The first kappa shape index (κ1) is 54.6. The Balaban J connectivity index is 0.000000164. The van der Waals surface area contributed by atoms with Crippen LogP contribution in [0.3, 0.4) is 0 Å². The van der Waals surface area contributed by atoms with Gasteiger partial charge in [0.2, 0.25) is 0 Å². The molecule has 0 aliphatic rings. The number of thiophene rings is 6. The summed E-state index contributed by atoms with van der Waals surface area (Å²) in [4.78, 5) is 17.2. The van der Waals surface area contributed by atoms with Gasteiger partial charge in [-0.25, -0.2) is 0 Å². The maximum absolute atomic E-state index is 10.5. The van der Waals surface area contributed by atoms with Crippen LogP contribution in [-0.2, 0) is 14.3 Å². The highest BCUT2D eigenvalue weighted by Crippen LogP contribution is 2.43. The summed E-state index contributed by atoms with van der Waals surface area (Å²) in [6, 6.07) is 29.6. The first-order chi connectivity index (χ1) is 35.7. The van der Waals surface area contributed by atoms with E-state index in [0.29, 0.717) is 37.7 Å². The summed E-state index contributed by atoms with van der Waals surface area (Å²) < 4.78 is 28.0. The number of carboxylic acid groups (broad SMARTS) is 1. The number of benzene rings is 3. The lowest BCUT2D eigenvalue weighted by Crippen LogP contribution is -2.10. The van der Waals surface area contributed by atoms with Crippen LogP contribution >= 0.6 is 68.0 Å². The van der Waals surface area contributed by atoms with Crippen molar-refractivity contribution >= 4 is 125 Å². The number of rotatable bonds is 24. The third-order valence-electron chi connectivity index (χ3n) is 10.9. The zero-order valence-electron chi connectivity index (χ0n) is 41.1. The van der Waals surface area contributed by atoms with Gasteiger partial charge in [-0.2, -0.15) is 45.3 Å². The molecule has 382 valence electrons. The SMILES string of the molecule is CCOCOc1cc(OCOCC)cc(N(c2ccsc2)c2ccsc2)c1.Cc1cscc1N(c1ccc(OCCCCCC(=O)O)cc1)c1cscc1C.Oc1ccc(N(c2ccsc2)c2ccsc2)cc1. The summed E-state index contributed by atoms with van der Waals surface area (Å²) in [5, 5.41) is 43.5. The molecule has 0 spiro atoms. The summed E-state index contributed by atoms with van der Waals surface area (Å²) in [5.41, 5.74) is 12.5. The predicted molar refractivity (Wildman–Crippen MR) is 308 cm³/mol. The number of aryl methyl sites for hydroxylation is 2. The number of phenolic OH excluding ortho intramolecular Hbond substituents is 1. The van der Waals surface area contributed by atoms with Gasteiger partial charge in [0.25, 0.3) is 0 Å². The van der Waals surface area contributed by atoms with E-state index in [-0.39, 0.29) is 25.8 Å². The standard InChI is InChI=1S/C22H25NO3S2.C20H23NO4S2.C14H11NOS2/c1-16-12-27-14-20(16)23(21-15-28-13-17(21)2)18-7-9-19(10-8-18)26-11-5-3-4-6-22(24)25;1-3-22-14-24-19-9-18(10-20(11-19)25-15-23-4-2)21(16-5-7-26-12-16)17-6-8-27-13-17;16-14-3-1-11(2-4-14)15(12-5-7-17-9-12)13-6-8-18-10-13/h7-10,12-15H,3-6,11H2,1-2H3,(H,24,25);5-13H,3-4,14-15H2,1-2H3;1-10,16H. The number of nitrogens with zero attached hydrogens (tertiary/aromatic N) is 3. The van der Waals surface area contributed by atoms with E-state index in [9.17, 15) is 9.90 Å². The summed E-state index contributed by atoms with van der Waals surface area (Å²) in [6.45, 7) is 10.4. The van der Waals surface area contributed by atoms with Crippen molar-refractivity contribution in [3.8, 4) is 23.0 Å². The zero-order valence-corrected chi connectivity index (χ0v) is 46.0. The van der Waals surface area contributed by atoms with Crippen LogP contribution in [0.5, 0.6) is 23.0 Å². The number of hydrogen-bond acceptors (Lipinski definition) is 16. The predicted octanol–water partition coefficient (Wildman–Crippen LogP) is 17.9. The molecule has 0 atom stereocenters. The van der Waals surface area contributed by atoms with Gasteiger partial charge in [0.1, 0.15) is 23.0 Å². The van der Waals surface area contributed by atoms with Crippen LogP contribution in [0, 0.1) is 13.8 Å². The molecule has 3 aromatic carbocycles. The normalized spacial score (nSPS) is 10.7. The first-order valence-corrected chi connectivity index (χ1v) is 29.2. The molecule has 0 saturated carbocycles. The van der Waals surface area contributed by atoms with E-state index in [1.165, 1.54) is 22.5 Å². The Kier molecular flexibility index (Phi) is 21.6. The number of carboxylic acids is 1. The molecule has 6 aromatic heterocycles. The van der Waals surface area contributed by atoms with E-state index < -0.39 is 5.97 Å². The summed E-state index contributed by atoms with van der Waals surface area (Å²) >= 11 is 10.1. The molecule has 0 saturated heterocycles. The molecule has 0 aliphatic heterocycles. The van der Waals surface area contributed by atoms with Crippen molar-refractivity contribution in [2.75, 3.05) is 48.1 Å². The highest BCUT2D eigenvalue weighted by Gasteiger charge is 2.19. The lowest BCUT2D eigenvalue weighted by atomic mass is 10.2. The van der Waals surface area contributed by atoms with Crippen LogP contribution < -0.4 is 28.9 Å². The molecule has 0 bridgehead atoms. The third-order valence-corrected chi connectivity index (χ3v) is 15.2. The number of aromatic hydroxyl groups is 1. The van der Waals surface area contributed by atoms with Crippen molar-refractivity contribution in [2.24, 2.45) is 0 Å². The van der Waals surface area contributed by atoms with Crippen LogP contribution in [-0.4, -0.2) is 49.6 Å². The van der Waals surface area contributed by atoms with Gasteiger partial charge in [0.15, 0.2) is 13.6 Å². The van der Waals surface area contributed by atoms with Crippen LogP contribution in [0.2, 0.25) is 0 Å². The van der Waals surface area contributed by atoms with Gasteiger partial charge in [0, 0.05) is 81.5 Å². The van der Waals surface area contributed by atoms with E-state index >= 15 is 0 Å². The second-order valence-corrected chi connectivity index (χ2v) is 20.7. The molecule has 2 N–H and O–H groups in total. The van der Waals surface area contributed by atoms with Gasteiger partial charge in [-0.15, -0.1) is 22.7 Å². The van der Waals surface area contributed by atoms with E-state index in [1.54, 1.807) is 80.2 Å². The number of ether oxygens (including phenoxy) is 5. The van der Waals surface area contributed by atoms with Crippen LogP contribution in [0.25, 0.3) is 0 Å². The van der Waals surface area contributed by atoms with Gasteiger partial charge < -0.3 is 48.6 Å². The molecule has 11 nitrogen and oxygen atoms in total. The van der Waals surface area contributed by atoms with Gasteiger partial charge in [0.05, 0.1) is 46.4 Å². The average molecular weight is 1090 g/mol. The van der Waals surface area contributed by atoms with E-state index in [4.69, 9.17) is 28.8 Å². The monoisotopic (exact) mass is 1090 g/mol. The minimum atomic E-state index is -0.734. The molecule has 0 unspecified atom stereocenters. The van der Waals surface area contributed by atoms with E-state index in [1.807, 2.05) is 56.3 Å². The number of anilines is 9. The number of carbonyl (C=O) groups is 1. The topological polar surface area (TPSA) is 113 Å². The second-order valence-electron chi connectivity index (χ2n) is 16.0. The fourth-order valence-electron chi connectivity index (χ4n) is 7.28. The first-order valence-electron chi connectivity index (χ1n) is 23.6. The lowest BCUT2D eigenvalue weighted by Gasteiger charge is -2.25. The lowest BCUT2D eigenvalue weighted by molar-refractivity contribution is -0.137. The van der Waals surface area contributed by atoms with Crippen molar-refractivity contribution < 1.29 is 38.7 Å². The molecular formula is C56H59N3O8S6. The fourth-order valence-corrected chi connectivity index (χ4v) is 11.4. The van der Waals surface area contributed by atoms with Gasteiger partial charge in [-0.1, -0.05) is 0 Å². The molecule has 17 heteroatoms. The van der Waals surface area contributed by atoms with Gasteiger partial charge >= 0.3 is 5.97 Å². The van der Waals surface area contributed by atoms with Crippen molar-refractivity contribution in [2.45, 2.75) is 53.4 Å². The Morgan fingerprint density at radius 3 is 1.33 bits per heavy atom. The summed E-state index contributed by atoms with van der Waals surface area (Å²) in [6.07, 6.45) is 2.66. The van der Waals surface area contributed by atoms with Crippen molar-refractivity contribution in [1.29, 1.82) is 0 Å². The Morgan fingerprint density at radius 1 is 0.466 bits per heavy atom. The maximum Gasteiger partial charge on any atom is 0.303 e. The number of phenols is 1. The molecule has 0 radical (unpaired) electrons. The van der Waals surface area contributed by atoms with E-state index in [2.05, 4.69) is 130 Å². The number of aliphatic carboxylic acids is 1. The fraction of sp³-hybridized carbons (Fsp3) is 0.232. The highest BCUT2D eigenvalue weighted by atomic mass is 32.1. The molecule has 6 heterocycles. The average Bonchev–Trinajstić information content (AvgIpc) is 4.27. The molecule has 9 aromatic rings. The minimum absolute atomic E-state index is 0.196.